The fourth-order valence-electron chi connectivity index (χ4n) is 3.34. The Hall–Kier alpha value is -2.62. The summed E-state index contributed by atoms with van der Waals surface area (Å²) < 4.78 is 4.19. The molecule has 0 saturated heterocycles. The second-order valence-corrected chi connectivity index (χ2v) is 8.82. The minimum Gasteiger partial charge on any atom is -0.308 e. The van der Waals surface area contributed by atoms with Crippen LogP contribution in [0.4, 0.5) is 0 Å². The van der Waals surface area contributed by atoms with Gasteiger partial charge in [-0.1, -0.05) is 40.7 Å². The quantitative estimate of drug-likeness (QED) is 0.534. The van der Waals surface area contributed by atoms with Crippen LogP contribution in [0.25, 0.3) is 11.3 Å². The number of fused-ring (bicyclic) bond motifs is 2. The standard InChI is InChI=1S/C22H26N4/c1-21(2,3)16-12-20-23-17(9-11-26(20)14-16)13-22(4,5)18-15-25-10-7-6-8-19(25)24-18/h6-12,14-15H,13H2,1-5H3. The molecule has 4 aromatic rings. The Morgan fingerprint density at radius 1 is 0.846 bits per heavy atom. The molecule has 0 amide bonds. The van der Waals surface area contributed by atoms with E-state index >= 15 is 0 Å². The lowest BCUT2D eigenvalue weighted by atomic mass is 9.84. The van der Waals surface area contributed by atoms with Crippen molar-refractivity contribution in [3.05, 3.63) is 72.1 Å². The van der Waals surface area contributed by atoms with E-state index in [9.17, 15) is 0 Å². The molecule has 0 aliphatic rings. The first-order valence-corrected chi connectivity index (χ1v) is 9.15. The van der Waals surface area contributed by atoms with E-state index in [1.54, 1.807) is 0 Å². The van der Waals surface area contributed by atoms with E-state index in [0.717, 1.165) is 29.1 Å². The van der Waals surface area contributed by atoms with Gasteiger partial charge in [0, 0.05) is 42.3 Å². The molecule has 26 heavy (non-hydrogen) atoms. The Bertz CT molecular complexity index is 1040. The largest absolute Gasteiger partial charge is 0.308 e. The zero-order valence-electron chi connectivity index (χ0n) is 16.2. The third-order valence-corrected chi connectivity index (χ3v) is 5.06. The highest BCUT2D eigenvalue weighted by molar-refractivity contribution is 5.46. The van der Waals surface area contributed by atoms with Gasteiger partial charge in [-0.2, -0.15) is 0 Å². The SMILES string of the molecule is CC(C)(C)c1cc2nc(CC(C)(C)c3cn4ccccc4n3)ccn2c1. The number of hydrogen-bond donors (Lipinski definition) is 0. The van der Waals surface area contributed by atoms with Gasteiger partial charge in [-0.3, -0.25) is 0 Å². The molecule has 4 nitrogen and oxygen atoms in total. The Balaban J connectivity index is 1.66. The monoisotopic (exact) mass is 346 g/mol. The Morgan fingerprint density at radius 3 is 2.35 bits per heavy atom. The normalized spacial score (nSPS) is 13.0. The van der Waals surface area contributed by atoms with Crippen LogP contribution in [0.5, 0.6) is 0 Å². The van der Waals surface area contributed by atoms with E-state index in [-0.39, 0.29) is 10.8 Å². The molecule has 4 aromatic heterocycles. The average molecular weight is 346 g/mol. The van der Waals surface area contributed by atoms with Gasteiger partial charge < -0.3 is 8.80 Å². The minimum absolute atomic E-state index is 0.0865. The molecule has 134 valence electrons. The van der Waals surface area contributed by atoms with Crippen LogP contribution in [-0.2, 0) is 17.3 Å². The molecule has 4 heteroatoms. The predicted octanol–water partition coefficient (Wildman–Crippen LogP) is 4.80. The molecule has 0 aliphatic heterocycles. The number of nitrogens with zero attached hydrogens (tertiary/aromatic N) is 4. The van der Waals surface area contributed by atoms with Crippen molar-refractivity contribution in [2.75, 3.05) is 0 Å². The third-order valence-electron chi connectivity index (χ3n) is 5.06. The van der Waals surface area contributed by atoms with E-state index in [1.807, 2.05) is 24.4 Å². The Morgan fingerprint density at radius 2 is 1.62 bits per heavy atom. The van der Waals surface area contributed by atoms with Gasteiger partial charge in [-0.05, 0) is 35.2 Å². The highest BCUT2D eigenvalue weighted by atomic mass is 15.0. The van der Waals surface area contributed by atoms with Crippen LogP contribution in [0, 0.1) is 0 Å². The van der Waals surface area contributed by atoms with Gasteiger partial charge in [0.25, 0.3) is 0 Å². The van der Waals surface area contributed by atoms with Crippen molar-refractivity contribution in [3.63, 3.8) is 0 Å². The highest BCUT2D eigenvalue weighted by Gasteiger charge is 2.25. The molecule has 0 aliphatic carbocycles. The van der Waals surface area contributed by atoms with Gasteiger partial charge in [-0.25, -0.2) is 9.97 Å². The summed E-state index contributed by atoms with van der Waals surface area (Å²) in [6.45, 7) is 11.2. The van der Waals surface area contributed by atoms with Crippen LogP contribution in [0.3, 0.4) is 0 Å². The molecular weight excluding hydrogens is 320 g/mol. The number of hydrogen-bond acceptors (Lipinski definition) is 2. The summed E-state index contributed by atoms with van der Waals surface area (Å²) in [5, 5.41) is 0. The van der Waals surface area contributed by atoms with Crippen molar-refractivity contribution in [2.45, 2.75) is 51.9 Å². The zero-order chi connectivity index (χ0) is 18.5. The summed E-state index contributed by atoms with van der Waals surface area (Å²) in [6.07, 6.45) is 9.32. The van der Waals surface area contributed by atoms with Crippen LogP contribution in [0.2, 0.25) is 0 Å². The van der Waals surface area contributed by atoms with Crippen molar-refractivity contribution in [1.29, 1.82) is 0 Å². The first kappa shape index (κ1) is 16.8. The fraction of sp³-hybridized carbons (Fsp3) is 0.364. The molecule has 0 bridgehead atoms. The molecule has 0 N–H and O–H groups in total. The first-order chi connectivity index (χ1) is 12.2. The van der Waals surface area contributed by atoms with Gasteiger partial charge in [0.15, 0.2) is 0 Å². The van der Waals surface area contributed by atoms with Crippen molar-refractivity contribution >= 4 is 11.3 Å². The Labute approximate surface area is 154 Å². The van der Waals surface area contributed by atoms with Crippen LogP contribution < -0.4 is 0 Å². The maximum Gasteiger partial charge on any atom is 0.137 e. The lowest BCUT2D eigenvalue weighted by Crippen LogP contribution is -2.21. The van der Waals surface area contributed by atoms with Gasteiger partial charge in [-0.15, -0.1) is 0 Å². The van der Waals surface area contributed by atoms with Crippen molar-refractivity contribution in [3.8, 4) is 0 Å². The average Bonchev–Trinajstić information content (AvgIpc) is 3.18. The van der Waals surface area contributed by atoms with Crippen molar-refractivity contribution in [2.24, 2.45) is 0 Å². The van der Waals surface area contributed by atoms with Crippen molar-refractivity contribution < 1.29 is 0 Å². The summed E-state index contributed by atoms with van der Waals surface area (Å²) >= 11 is 0. The van der Waals surface area contributed by atoms with Gasteiger partial charge >= 0.3 is 0 Å². The molecule has 0 unspecified atom stereocenters. The lowest BCUT2D eigenvalue weighted by molar-refractivity contribution is 0.502. The lowest BCUT2D eigenvalue weighted by Gasteiger charge is -2.21. The minimum atomic E-state index is -0.0865. The van der Waals surface area contributed by atoms with E-state index < -0.39 is 0 Å². The molecule has 0 spiro atoms. The van der Waals surface area contributed by atoms with E-state index in [4.69, 9.17) is 9.97 Å². The second kappa shape index (κ2) is 5.70. The molecule has 0 fully saturated rings. The molecule has 0 aromatic carbocycles. The van der Waals surface area contributed by atoms with Crippen LogP contribution in [-0.4, -0.2) is 18.8 Å². The summed E-state index contributed by atoms with van der Waals surface area (Å²) in [4.78, 5) is 9.71. The molecule has 0 saturated carbocycles. The molecule has 4 heterocycles. The van der Waals surface area contributed by atoms with Crippen LogP contribution >= 0.6 is 0 Å². The van der Waals surface area contributed by atoms with E-state index in [2.05, 4.69) is 74.1 Å². The summed E-state index contributed by atoms with van der Waals surface area (Å²) in [6, 6.07) is 10.4. The third kappa shape index (κ3) is 3.00. The summed E-state index contributed by atoms with van der Waals surface area (Å²) in [5.74, 6) is 0. The maximum absolute atomic E-state index is 4.90. The number of aromatic nitrogens is 4. The Kier molecular flexibility index (Phi) is 3.69. The maximum atomic E-state index is 4.90. The molecular formula is C22H26N4. The number of imidazole rings is 1. The van der Waals surface area contributed by atoms with Gasteiger partial charge in [0.2, 0.25) is 0 Å². The van der Waals surface area contributed by atoms with Gasteiger partial charge in [0.1, 0.15) is 11.3 Å². The summed E-state index contributed by atoms with van der Waals surface area (Å²) in [5.41, 5.74) is 5.54. The van der Waals surface area contributed by atoms with Crippen LogP contribution in [0.1, 0.15) is 51.6 Å². The van der Waals surface area contributed by atoms with E-state index in [0.29, 0.717) is 0 Å². The van der Waals surface area contributed by atoms with E-state index in [1.165, 1.54) is 5.56 Å². The first-order valence-electron chi connectivity index (χ1n) is 9.15. The van der Waals surface area contributed by atoms with Gasteiger partial charge in [0.05, 0.1) is 5.69 Å². The molecule has 0 radical (unpaired) electrons. The van der Waals surface area contributed by atoms with Crippen LogP contribution in [0.15, 0.2) is 55.1 Å². The second-order valence-electron chi connectivity index (χ2n) is 8.82. The molecule has 0 atom stereocenters. The fourth-order valence-corrected chi connectivity index (χ4v) is 3.34. The number of pyridine rings is 1. The number of rotatable bonds is 3. The smallest absolute Gasteiger partial charge is 0.137 e. The predicted molar refractivity (Wildman–Crippen MR) is 106 cm³/mol. The zero-order valence-corrected chi connectivity index (χ0v) is 16.2. The topological polar surface area (TPSA) is 34.6 Å². The van der Waals surface area contributed by atoms with Crippen molar-refractivity contribution in [1.82, 2.24) is 18.8 Å². The summed E-state index contributed by atoms with van der Waals surface area (Å²) in [7, 11) is 0. The highest BCUT2D eigenvalue weighted by Crippen LogP contribution is 2.28. The molecule has 4 rings (SSSR count).